The van der Waals surface area contributed by atoms with E-state index in [9.17, 15) is 4.79 Å². The summed E-state index contributed by atoms with van der Waals surface area (Å²) >= 11 is 0. The van der Waals surface area contributed by atoms with E-state index in [1.165, 1.54) is 0 Å². The first kappa shape index (κ1) is 18.6. The largest absolute Gasteiger partial charge is 0.319 e. The van der Waals surface area contributed by atoms with Crippen molar-refractivity contribution < 1.29 is 4.79 Å². The minimum atomic E-state index is -0.331. The number of nitrogens with one attached hydrogen (secondary N) is 1. The van der Waals surface area contributed by atoms with Gasteiger partial charge >= 0.3 is 0 Å². The molecule has 1 aromatic heterocycles. The van der Waals surface area contributed by atoms with Crippen molar-refractivity contribution in [1.29, 1.82) is 0 Å². The van der Waals surface area contributed by atoms with Crippen molar-refractivity contribution in [3.05, 3.63) is 95.3 Å². The maximum atomic E-state index is 12.9. The lowest BCUT2D eigenvalue weighted by molar-refractivity contribution is 0.101. The summed E-state index contributed by atoms with van der Waals surface area (Å²) in [4.78, 5) is 17.5. The SMILES string of the molecule is Cc1cccc(-n2nc(C(=O)Nc3cccc(C)c3C)nc2-c2ccccc2)c1. The number of nitrogens with zero attached hydrogens (tertiary/aromatic N) is 3. The summed E-state index contributed by atoms with van der Waals surface area (Å²) in [7, 11) is 0. The van der Waals surface area contributed by atoms with Crippen LogP contribution in [0.2, 0.25) is 0 Å². The smallest absolute Gasteiger partial charge is 0.295 e. The third-order valence-electron chi connectivity index (χ3n) is 4.94. The normalized spacial score (nSPS) is 10.7. The Bertz CT molecular complexity index is 1180. The van der Waals surface area contributed by atoms with Crippen LogP contribution in [-0.4, -0.2) is 20.7 Å². The maximum absolute atomic E-state index is 12.9. The Morgan fingerprint density at radius 2 is 1.66 bits per heavy atom. The summed E-state index contributed by atoms with van der Waals surface area (Å²) in [5, 5.41) is 7.48. The zero-order valence-corrected chi connectivity index (χ0v) is 16.7. The van der Waals surface area contributed by atoms with E-state index in [-0.39, 0.29) is 11.7 Å². The van der Waals surface area contributed by atoms with Crippen LogP contribution in [0.25, 0.3) is 17.1 Å². The van der Waals surface area contributed by atoms with E-state index < -0.39 is 0 Å². The average molecular weight is 382 g/mol. The summed E-state index contributed by atoms with van der Waals surface area (Å²) in [6.45, 7) is 6.03. The Kier molecular flexibility index (Phi) is 4.96. The van der Waals surface area contributed by atoms with E-state index in [1.54, 1.807) is 4.68 Å². The monoisotopic (exact) mass is 382 g/mol. The minimum absolute atomic E-state index is 0.131. The van der Waals surface area contributed by atoms with Gasteiger partial charge in [0, 0.05) is 11.3 Å². The van der Waals surface area contributed by atoms with Gasteiger partial charge in [0.15, 0.2) is 5.82 Å². The summed E-state index contributed by atoms with van der Waals surface area (Å²) in [5.41, 5.74) is 5.78. The summed E-state index contributed by atoms with van der Waals surface area (Å²) < 4.78 is 1.72. The molecule has 0 fully saturated rings. The van der Waals surface area contributed by atoms with Gasteiger partial charge in [0.1, 0.15) is 0 Å². The molecular weight excluding hydrogens is 360 g/mol. The summed E-state index contributed by atoms with van der Waals surface area (Å²) in [6, 6.07) is 23.6. The molecular formula is C24H22N4O. The van der Waals surface area contributed by atoms with Gasteiger partial charge in [-0.2, -0.15) is 0 Å². The molecule has 29 heavy (non-hydrogen) atoms. The van der Waals surface area contributed by atoms with Crippen LogP contribution in [0.3, 0.4) is 0 Å². The predicted octanol–water partition coefficient (Wildman–Crippen LogP) is 5.11. The number of hydrogen-bond acceptors (Lipinski definition) is 3. The fourth-order valence-corrected chi connectivity index (χ4v) is 3.19. The van der Waals surface area contributed by atoms with Gasteiger partial charge in [-0.3, -0.25) is 4.79 Å². The van der Waals surface area contributed by atoms with E-state index in [1.807, 2.05) is 93.6 Å². The van der Waals surface area contributed by atoms with Crippen molar-refractivity contribution >= 4 is 11.6 Å². The number of benzene rings is 3. The van der Waals surface area contributed by atoms with Gasteiger partial charge < -0.3 is 5.32 Å². The van der Waals surface area contributed by atoms with E-state index in [0.29, 0.717) is 5.82 Å². The van der Waals surface area contributed by atoms with Crippen molar-refractivity contribution in [2.75, 3.05) is 5.32 Å². The van der Waals surface area contributed by atoms with Gasteiger partial charge in [-0.15, -0.1) is 5.10 Å². The van der Waals surface area contributed by atoms with Crippen LogP contribution >= 0.6 is 0 Å². The number of aromatic nitrogens is 3. The fraction of sp³-hybridized carbons (Fsp3) is 0.125. The van der Waals surface area contributed by atoms with Crippen LogP contribution in [0.4, 0.5) is 5.69 Å². The Labute approximate surface area is 170 Å². The van der Waals surface area contributed by atoms with Gasteiger partial charge in [-0.1, -0.05) is 54.6 Å². The second-order valence-electron chi connectivity index (χ2n) is 7.08. The van der Waals surface area contributed by atoms with Crippen LogP contribution in [0, 0.1) is 20.8 Å². The van der Waals surface area contributed by atoms with Crippen LogP contribution in [0.5, 0.6) is 0 Å². The van der Waals surface area contributed by atoms with Crippen LogP contribution in [0.1, 0.15) is 27.3 Å². The van der Waals surface area contributed by atoms with Gasteiger partial charge in [0.05, 0.1) is 5.69 Å². The molecule has 3 aromatic carbocycles. The number of carbonyl (C=O) groups is 1. The average Bonchev–Trinajstić information content (AvgIpc) is 3.18. The second-order valence-corrected chi connectivity index (χ2v) is 7.08. The van der Waals surface area contributed by atoms with E-state index in [0.717, 1.165) is 33.6 Å². The highest BCUT2D eigenvalue weighted by Gasteiger charge is 2.19. The van der Waals surface area contributed by atoms with Gasteiger partial charge in [0.25, 0.3) is 5.91 Å². The molecule has 1 N–H and O–H groups in total. The molecule has 5 nitrogen and oxygen atoms in total. The number of rotatable bonds is 4. The first-order chi connectivity index (χ1) is 14.0. The van der Waals surface area contributed by atoms with Crippen LogP contribution in [-0.2, 0) is 0 Å². The van der Waals surface area contributed by atoms with E-state index in [4.69, 9.17) is 0 Å². The highest BCUT2D eigenvalue weighted by atomic mass is 16.2. The topological polar surface area (TPSA) is 59.8 Å². The number of anilines is 1. The molecule has 4 aromatic rings. The molecule has 0 atom stereocenters. The van der Waals surface area contributed by atoms with Crippen molar-refractivity contribution in [3.63, 3.8) is 0 Å². The quantitative estimate of drug-likeness (QED) is 0.533. The predicted molar refractivity (Wildman–Crippen MR) is 115 cm³/mol. The van der Waals surface area contributed by atoms with Crippen molar-refractivity contribution in [2.24, 2.45) is 0 Å². The Hall–Kier alpha value is -3.73. The number of hydrogen-bond donors (Lipinski definition) is 1. The second kappa shape index (κ2) is 7.72. The Morgan fingerprint density at radius 1 is 0.897 bits per heavy atom. The van der Waals surface area contributed by atoms with Crippen molar-refractivity contribution in [1.82, 2.24) is 14.8 Å². The molecule has 0 spiro atoms. The Balaban J connectivity index is 1.77. The molecule has 0 aliphatic heterocycles. The zero-order chi connectivity index (χ0) is 20.4. The lowest BCUT2D eigenvalue weighted by Crippen LogP contribution is -2.15. The third-order valence-corrected chi connectivity index (χ3v) is 4.94. The molecule has 1 heterocycles. The molecule has 5 heteroatoms. The third kappa shape index (κ3) is 3.80. The minimum Gasteiger partial charge on any atom is -0.319 e. The highest BCUT2D eigenvalue weighted by molar-refractivity contribution is 6.02. The summed E-state index contributed by atoms with van der Waals surface area (Å²) in [5.74, 6) is 0.427. The molecule has 0 bridgehead atoms. The van der Waals surface area contributed by atoms with Crippen LogP contribution < -0.4 is 5.32 Å². The molecule has 0 radical (unpaired) electrons. The first-order valence-corrected chi connectivity index (χ1v) is 9.50. The van der Waals surface area contributed by atoms with E-state index in [2.05, 4.69) is 15.4 Å². The van der Waals surface area contributed by atoms with Crippen LogP contribution in [0.15, 0.2) is 72.8 Å². The molecule has 144 valence electrons. The lowest BCUT2D eigenvalue weighted by Gasteiger charge is -2.08. The molecule has 0 saturated heterocycles. The number of amides is 1. The maximum Gasteiger partial charge on any atom is 0.295 e. The first-order valence-electron chi connectivity index (χ1n) is 9.50. The van der Waals surface area contributed by atoms with Crippen molar-refractivity contribution in [2.45, 2.75) is 20.8 Å². The molecule has 1 amide bonds. The van der Waals surface area contributed by atoms with Gasteiger partial charge in [-0.05, 0) is 55.7 Å². The number of aryl methyl sites for hydroxylation is 2. The number of carbonyl (C=O) groups excluding carboxylic acids is 1. The molecule has 0 aliphatic carbocycles. The van der Waals surface area contributed by atoms with E-state index >= 15 is 0 Å². The molecule has 4 rings (SSSR count). The molecule has 0 unspecified atom stereocenters. The van der Waals surface area contributed by atoms with Gasteiger partial charge in [-0.25, -0.2) is 9.67 Å². The van der Waals surface area contributed by atoms with Gasteiger partial charge in [0.2, 0.25) is 5.82 Å². The standard InChI is InChI=1S/C24H22N4O/c1-16-9-7-13-20(15-16)28-23(19-11-5-4-6-12-19)26-22(27-28)24(29)25-21-14-8-10-17(2)18(21)3/h4-15H,1-3H3,(H,25,29). The Morgan fingerprint density at radius 3 is 2.41 bits per heavy atom. The zero-order valence-electron chi connectivity index (χ0n) is 16.7. The lowest BCUT2D eigenvalue weighted by atomic mass is 10.1. The molecule has 0 saturated carbocycles. The fourth-order valence-electron chi connectivity index (χ4n) is 3.19. The molecule has 0 aliphatic rings. The van der Waals surface area contributed by atoms with Crippen molar-refractivity contribution in [3.8, 4) is 17.1 Å². The highest BCUT2D eigenvalue weighted by Crippen LogP contribution is 2.23. The summed E-state index contributed by atoms with van der Waals surface area (Å²) in [6.07, 6.45) is 0.